The molecule has 0 fully saturated rings. The smallest absolute Gasteiger partial charge is 0.168 e. The van der Waals surface area contributed by atoms with Crippen LogP contribution in [0.3, 0.4) is 0 Å². The SMILES string of the molecule is Ic1cccnc1-n1cncn1. The first-order chi connectivity index (χ1) is 5.88. The molecule has 0 aliphatic carbocycles. The molecule has 12 heavy (non-hydrogen) atoms. The molecule has 0 saturated carbocycles. The van der Waals surface area contributed by atoms with Crippen molar-refractivity contribution in [3.05, 3.63) is 34.6 Å². The van der Waals surface area contributed by atoms with Crippen LogP contribution in [0.2, 0.25) is 0 Å². The zero-order valence-electron chi connectivity index (χ0n) is 6.05. The molecule has 0 bridgehead atoms. The molecule has 0 atom stereocenters. The Labute approximate surface area is 82.8 Å². The molecule has 2 aromatic heterocycles. The van der Waals surface area contributed by atoms with E-state index >= 15 is 0 Å². The van der Waals surface area contributed by atoms with Gasteiger partial charge in [0.25, 0.3) is 0 Å². The lowest BCUT2D eigenvalue weighted by atomic mass is 10.5. The Morgan fingerprint density at radius 2 is 2.33 bits per heavy atom. The van der Waals surface area contributed by atoms with Crippen molar-refractivity contribution in [3.8, 4) is 5.82 Å². The minimum absolute atomic E-state index is 0.815. The van der Waals surface area contributed by atoms with Crippen molar-refractivity contribution in [2.45, 2.75) is 0 Å². The summed E-state index contributed by atoms with van der Waals surface area (Å²) in [6.45, 7) is 0. The van der Waals surface area contributed by atoms with Crippen LogP contribution in [0.1, 0.15) is 0 Å². The second-order valence-electron chi connectivity index (χ2n) is 2.15. The molecule has 0 aliphatic rings. The average Bonchev–Trinajstić information content (AvgIpc) is 2.57. The number of nitrogens with zero attached hydrogens (tertiary/aromatic N) is 4. The summed E-state index contributed by atoms with van der Waals surface area (Å²) in [6.07, 6.45) is 4.86. The fraction of sp³-hybridized carbons (Fsp3) is 0. The van der Waals surface area contributed by atoms with Gasteiger partial charge < -0.3 is 0 Å². The van der Waals surface area contributed by atoms with E-state index in [4.69, 9.17) is 0 Å². The molecule has 0 aromatic carbocycles. The first kappa shape index (κ1) is 7.66. The zero-order chi connectivity index (χ0) is 8.39. The number of hydrogen-bond donors (Lipinski definition) is 0. The normalized spacial score (nSPS) is 10.1. The minimum Gasteiger partial charge on any atom is -0.236 e. The summed E-state index contributed by atoms with van der Waals surface area (Å²) >= 11 is 2.21. The number of hydrogen-bond acceptors (Lipinski definition) is 3. The topological polar surface area (TPSA) is 43.6 Å². The van der Waals surface area contributed by atoms with E-state index in [2.05, 4.69) is 37.7 Å². The second kappa shape index (κ2) is 3.18. The highest BCUT2D eigenvalue weighted by molar-refractivity contribution is 14.1. The van der Waals surface area contributed by atoms with Gasteiger partial charge in [-0.15, -0.1) is 0 Å². The molecule has 2 rings (SSSR count). The van der Waals surface area contributed by atoms with Crippen molar-refractivity contribution in [3.63, 3.8) is 0 Å². The van der Waals surface area contributed by atoms with Crippen molar-refractivity contribution < 1.29 is 0 Å². The van der Waals surface area contributed by atoms with E-state index in [1.54, 1.807) is 17.2 Å². The lowest BCUT2D eigenvalue weighted by molar-refractivity contribution is 0.839. The summed E-state index contributed by atoms with van der Waals surface area (Å²) in [5.74, 6) is 0.815. The molecule has 4 nitrogen and oxygen atoms in total. The van der Waals surface area contributed by atoms with Crippen LogP contribution in [0.25, 0.3) is 5.82 Å². The van der Waals surface area contributed by atoms with Gasteiger partial charge in [-0.05, 0) is 34.7 Å². The number of halogens is 1. The van der Waals surface area contributed by atoms with Crippen LogP contribution in [-0.2, 0) is 0 Å². The summed E-state index contributed by atoms with van der Waals surface area (Å²) in [7, 11) is 0. The Hall–Kier alpha value is -0.980. The first-order valence-corrected chi connectivity index (χ1v) is 4.41. The Bertz CT molecular complexity index is 371. The van der Waals surface area contributed by atoms with E-state index in [1.165, 1.54) is 6.33 Å². The predicted octanol–water partition coefficient (Wildman–Crippen LogP) is 1.27. The summed E-state index contributed by atoms with van der Waals surface area (Å²) in [4.78, 5) is 8.02. The quantitative estimate of drug-likeness (QED) is 0.734. The standard InChI is InChI=1S/C7H5IN4/c8-6-2-1-3-10-7(6)12-5-9-4-11-12/h1-5H. The van der Waals surface area contributed by atoms with Gasteiger partial charge in [0.15, 0.2) is 5.82 Å². The van der Waals surface area contributed by atoms with Crippen LogP contribution >= 0.6 is 22.6 Å². The van der Waals surface area contributed by atoms with Gasteiger partial charge in [-0.2, -0.15) is 5.10 Å². The molecule has 0 spiro atoms. The Balaban J connectivity index is 2.55. The minimum atomic E-state index is 0.815. The van der Waals surface area contributed by atoms with Crippen molar-refractivity contribution >= 4 is 22.6 Å². The van der Waals surface area contributed by atoms with Crippen LogP contribution in [0.5, 0.6) is 0 Å². The van der Waals surface area contributed by atoms with E-state index in [9.17, 15) is 0 Å². The molecule has 60 valence electrons. The summed E-state index contributed by atoms with van der Waals surface area (Å²) in [5, 5.41) is 3.99. The van der Waals surface area contributed by atoms with Gasteiger partial charge in [0, 0.05) is 6.20 Å². The lowest BCUT2D eigenvalue weighted by Crippen LogP contribution is -1.99. The average molecular weight is 272 g/mol. The predicted molar refractivity (Wildman–Crippen MR) is 51.9 cm³/mol. The van der Waals surface area contributed by atoms with Gasteiger partial charge in [-0.25, -0.2) is 14.6 Å². The Kier molecular flexibility index (Phi) is 2.03. The number of pyridine rings is 1. The van der Waals surface area contributed by atoms with Gasteiger partial charge in [0.1, 0.15) is 12.7 Å². The maximum Gasteiger partial charge on any atom is 0.168 e. The van der Waals surface area contributed by atoms with Gasteiger partial charge in [-0.1, -0.05) is 0 Å². The molecule has 2 heterocycles. The van der Waals surface area contributed by atoms with Crippen LogP contribution in [0.15, 0.2) is 31.0 Å². The molecule has 0 aliphatic heterocycles. The van der Waals surface area contributed by atoms with Crippen molar-refractivity contribution in [2.75, 3.05) is 0 Å². The monoisotopic (exact) mass is 272 g/mol. The summed E-state index contributed by atoms with van der Waals surface area (Å²) in [6, 6.07) is 3.87. The Morgan fingerprint density at radius 1 is 1.42 bits per heavy atom. The van der Waals surface area contributed by atoms with Crippen LogP contribution in [0, 0.1) is 3.57 Å². The number of rotatable bonds is 1. The zero-order valence-corrected chi connectivity index (χ0v) is 8.21. The van der Waals surface area contributed by atoms with Gasteiger partial charge >= 0.3 is 0 Å². The lowest BCUT2D eigenvalue weighted by Gasteiger charge is -1.99. The highest BCUT2D eigenvalue weighted by Crippen LogP contribution is 2.11. The highest BCUT2D eigenvalue weighted by atomic mass is 127. The van der Waals surface area contributed by atoms with Crippen LogP contribution in [0.4, 0.5) is 0 Å². The fourth-order valence-corrected chi connectivity index (χ4v) is 1.46. The molecule has 0 N–H and O–H groups in total. The van der Waals surface area contributed by atoms with Crippen molar-refractivity contribution in [2.24, 2.45) is 0 Å². The molecule has 0 unspecified atom stereocenters. The van der Waals surface area contributed by atoms with Gasteiger partial charge in [0.05, 0.1) is 3.57 Å². The van der Waals surface area contributed by atoms with E-state index in [1.807, 2.05) is 12.1 Å². The third-order valence-electron chi connectivity index (χ3n) is 1.37. The molecule has 2 aromatic rings. The molecular formula is C7H5IN4. The van der Waals surface area contributed by atoms with E-state index in [0.717, 1.165) is 9.39 Å². The number of aromatic nitrogens is 4. The van der Waals surface area contributed by atoms with E-state index in [-0.39, 0.29) is 0 Å². The van der Waals surface area contributed by atoms with Crippen molar-refractivity contribution in [1.82, 2.24) is 19.7 Å². The fourth-order valence-electron chi connectivity index (χ4n) is 0.864. The van der Waals surface area contributed by atoms with Crippen molar-refractivity contribution in [1.29, 1.82) is 0 Å². The third-order valence-corrected chi connectivity index (χ3v) is 2.22. The third kappa shape index (κ3) is 1.31. The molecule has 0 radical (unpaired) electrons. The van der Waals surface area contributed by atoms with Crippen LogP contribution in [-0.4, -0.2) is 19.7 Å². The van der Waals surface area contributed by atoms with E-state index in [0.29, 0.717) is 0 Å². The highest BCUT2D eigenvalue weighted by Gasteiger charge is 2.01. The molecule has 5 heteroatoms. The van der Waals surface area contributed by atoms with E-state index < -0.39 is 0 Å². The molecular weight excluding hydrogens is 267 g/mol. The second-order valence-corrected chi connectivity index (χ2v) is 3.31. The summed E-state index contributed by atoms with van der Waals surface area (Å²) in [5.41, 5.74) is 0. The molecule has 0 amide bonds. The molecule has 0 saturated heterocycles. The largest absolute Gasteiger partial charge is 0.236 e. The van der Waals surface area contributed by atoms with Crippen LogP contribution < -0.4 is 0 Å². The first-order valence-electron chi connectivity index (χ1n) is 3.33. The maximum absolute atomic E-state index is 4.17. The van der Waals surface area contributed by atoms with Gasteiger partial charge in [-0.3, -0.25) is 0 Å². The maximum atomic E-state index is 4.17. The summed E-state index contributed by atoms with van der Waals surface area (Å²) < 4.78 is 2.70. The Morgan fingerprint density at radius 3 is 3.00 bits per heavy atom. The van der Waals surface area contributed by atoms with Gasteiger partial charge in [0.2, 0.25) is 0 Å².